The van der Waals surface area contributed by atoms with Crippen molar-refractivity contribution in [3.8, 4) is 0 Å². The molecule has 0 aliphatic heterocycles. The quantitative estimate of drug-likeness (QED) is 0.625. The smallest absolute Gasteiger partial charge is 0.0751 e. The van der Waals surface area contributed by atoms with Crippen molar-refractivity contribution in [3.05, 3.63) is 0 Å². The van der Waals surface area contributed by atoms with E-state index in [1.54, 1.807) is 0 Å². The van der Waals surface area contributed by atoms with Crippen LogP contribution in [0.2, 0.25) is 0 Å². The maximum atomic E-state index is 10.7. The summed E-state index contributed by atoms with van der Waals surface area (Å²) in [5.41, 5.74) is -0.549. The predicted molar refractivity (Wildman–Crippen MR) is 55.9 cm³/mol. The summed E-state index contributed by atoms with van der Waals surface area (Å²) in [6.07, 6.45) is 5.90. The molecule has 0 aromatic rings. The van der Waals surface area contributed by atoms with Crippen LogP contribution in [0.3, 0.4) is 0 Å². The minimum Gasteiger partial charge on any atom is -0.393 e. The van der Waals surface area contributed by atoms with Crippen molar-refractivity contribution in [1.82, 2.24) is 0 Å². The molecular formula is C12H22O2. The van der Waals surface area contributed by atoms with Gasteiger partial charge in [0.15, 0.2) is 0 Å². The van der Waals surface area contributed by atoms with Gasteiger partial charge in [-0.05, 0) is 31.1 Å². The lowest BCUT2D eigenvalue weighted by atomic mass is 9.53. The second-order valence-electron chi connectivity index (χ2n) is 5.59. The molecule has 2 N–H and O–H groups in total. The molecule has 14 heavy (non-hydrogen) atoms. The van der Waals surface area contributed by atoms with E-state index in [1.807, 2.05) is 6.92 Å². The van der Waals surface area contributed by atoms with Crippen LogP contribution in [-0.4, -0.2) is 21.9 Å². The zero-order valence-corrected chi connectivity index (χ0v) is 9.29. The summed E-state index contributed by atoms with van der Waals surface area (Å²) >= 11 is 0. The number of aliphatic hydroxyl groups is 2. The average Bonchev–Trinajstić information content (AvgIpc) is 2.16. The highest BCUT2D eigenvalue weighted by atomic mass is 16.3. The van der Waals surface area contributed by atoms with Crippen LogP contribution in [0.5, 0.6) is 0 Å². The molecule has 0 radical (unpaired) electrons. The Morgan fingerprint density at radius 1 is 1.14 bits per heavy atom. The molecule has 82 valence electrons. The molecule has 2 rings (SSSR count). The summed E-state index contributed by atoms with van der Waals surface area (Å²) in [6.45, 7) is 4.21. The van der Waals surface area contributed by atoms with Crippen LogP contribution >= 0.6 is 0 Å². The first kappa shape index (κ1) is 10.4. The fourth-order valence-corrected chi connectivity index (χ4v) is 3.58. The maximum absolute atomic E-state index is 10.7. The average molecular weight is 198 g/mol. The Hall–Kier alpha value is -0.0800. The lowest BCUT2D eigenvalue weighted by Crippen LogP contribution is -2.59. The molecule has 2 fully saturated rings. The Morgan fingerprint density at radius 3 is 2.50 bits per heavy atom. The number of hydrogen-bond acceptors (Lipinski definition) is 2. The fraction of sp³-hybridized carbons (Fsp3) is 1.00. The van der Waals surface area contributed by atoms with Gasteiger partial charge in [0.2, 0.25) is 0 Å². The van der Waals surface area contributed by atoms with Gasteiger partial charge in [0.1, 0.15) is 0 Å². The molecule has 0 bridgehead atoms. The number of rotatable bonds is 0. The Labute approximate surface area is 86.3 Å². The lowest BCUT2D eigenvalue weighted by molar-refractivity contribution is -0.195. The van der Waals surface area contributed by atoms with E-state index in [4.69, 9.17) is 0 Å². The molecule has 4 atom stereocenters. The summed E-state index contributed by atoms with van der Waals surface area (Å²) in [7, 11) is 0. The van der Waals surface area contributed by atoms with Crippen molar-refractivity contribution in [2.24, 2.45) is 11.3 Å². The first-order chi connectivity index (χ1) is 6.50. The van der Waals surface area contributed by atoms with Crippen molar-refractivity contribution in [1.29, 1.82) is 0 Å². The second kappa shape index (κ2) is 3.21. The van der Waals surface area contributed by atoms with E-state index in [0.717, 1.165) is 32.1 Å². The third-order valence-electron chi connectivity index (χ3n) is 4.90. The monoisotopic (exact) mass is 198 g/mol. The molecule has 2 aliphatic rings. The van der Waals surface area contributed by atoms with Crippen LogP contribution in [0.1, 0.15) is 52.4 Å². The molecule has 2 nitrogen and oxygen atoms in total. The molecule has 0 saturated heterocycles. The zero-order valence-electron chi connectivity index (χ0n) is 9.29. The van der Waals surface area contributed by atoms with E-state index in [-0.39, 0.29) is 17.4 Å². The maximum Gasteiger partial charge on any atom is 0.0751 e. The van der Waals surface area contributed by atoms with Crippen molar-refractivity contribution < 1.29 is 10.2 Å². The molecule has 2 aliphatic carbocycles. The summed E-state index contributed by atoms with van der Waals surface area (Å²) < 4.78 is 0. The van der Waals surface area contributed by atoms with E-state index >= 15 is 0 Å². The minimum atomic E-state index is -0.608. The third-order valence-corrected chi connectivity index (χ3v) is 4.90. The van der Waals surface area contributed by atoms with Crippen LogP contribution in [-0.2, 0) is 0 Å². The van der Waals surface area contributed by atoms with Crippen LogP contribution < -0.4 is 0 Å². The Kier molecular flexibility index (Phi) is 2.39. The van der Waals surface area contributed by atoms with Gasteiger partial charge in [-0.3, -0.25) is 0 Å². The number of aliphatic hydroxyl groups excluding tert-OH is 1. The summed E-state index contributed by atoms with van der Waals surface area (Å²) in [4.78, 5) is 0. The SMILES string of the molecule is CC1C(O)CCC2(C)CCCCC12O. The largest absolute Gasteiger partial charge is 0.393 e. The van der Waals surface area contributed by atoms with Gasteiger partial charge < -0.3 is 10.2 Å². The molecular weight excluding hydrogens is 176 g/mol. The van der Waals surface area contributed by atoms with Crippen LogP contribution in [0.4, 0.5) is 0 Å². The highest BCUT2D eigenvalue weighted by Crippen LogP contribution is 2.55. The van der Waals surface area contributed by atoms with Crippen molar-refractivity contribution in [2.45, 2.75) is 64.1 Å². The summed E-state index contributed by atoms with van der Waals surface area (Å²) in [6, 6.07) is 0. The van der Waals surface area contributed by atoms with E-state index < -0.39 is 5.60 Å². The van der Waals surface area contributed by atoms with Crippen LogP contribution in [0, 0.1) is 11.3 Å². The van der Waals surface area contributed by atoms with Gasteiger partial charge in [-0.15, -0.1) is 0 Å². The molecule has 4 unspecified atom stereocenters. The molecule has 2 saturated carbocycles. The topological polar surface area (TPSA) is 40.5 Å². The minimum absolute atomic E-state index is 0.0431. The molecule has 0 aromatic heterocycles. The standard InChI is InChI=1S/C12H22O2/c1-9-10(13)5-8-11(2)6-3-4-7-12(9,11)14/h9-10,13-14H,3-8H2,1-2H3. The van der Waals surface area contributed by atoms with Gasteiger partial charge in [0, 0.05) is 5.92 Å². The predicted octanol–water partition coefficient (Wildman–Crippen LogP) is 2.09. The lowest BCUT2D eigenvalue weighted by Gasteiger charge is -2.56. The normalized spacial score (nSPS) is 54.0. The fourth-order valence-electron chi connectivity index (χ4n) is 3.58. The van der Waals surface area contributed by atoms with Gasteiger partial charge in [0.05, 0.1) is 11.7 Å². The highest BCUT2D eigenvalue weighted by molar-refractivity contribution is 5.06. The van der Waals surface area contributed by atoms with E-state index in [1.165, 1.54) is 6.42 Å². The summed E-state index contributed by atoms with van der Waals surface area (Å²) in [5.74, 6) is 0.0431. The molecule has 2 heteroatoms. The van der Waals surface area contributed by atoms with Gasteiger partial charge in [0.25, 0.3) is 0 Å². The van der Waals surface area contributed by atoms with E-state index in [9.17, 15) is 10.2 Å². The van der Waals surface area contributed by atoms with Gasteiger partial charge in [-0.25, -0.2) is 0 Å². The Balaban J connectivity index is 2.29. The van der Waals surface area contributed by atoms with Crippen molar-refractivity contribution >= 4 is 0 Å². The van der Waals surface area contributed by atoms with E-state index in [2.05, 4.69) is 6.92 Å². The third kappa shape index (κ3) is 1.24. The summed E-state index contributed by atoms with van der Waals surface area (Å²) in [5, 5.41) is 20.6. The van der Waals surface area contributed by atoms with Gasteiger partial charge in [-0.2, -0.15) is 0 Å². The van der Waals surface area contributed by atoms with Crippen molar-refractivity contribution in [2.75, 3.05) is 0 Å². The van der Waals surface area contributed by atoms with Crippen LogP contribution in [0.25, 0.3) is 0 Å². The first-order valence-electron chi connectivity index (χ1n) is 5.90. The molecule has 0 amide bonds. The Morgan fingerprint density at radius 2 is 1.79 bits per heavy atom. The first-order valence-corrected chi connectivity index (χ1v) is 5.90. The zero-order chi connectivity index (χ0) is 10.4. The molecule has 0 aromatic carbocycles. The van der Waals surface area contributed by atoms with Crippen LogP contribution in [0.15, 0.2) is 0 Å². The van der Waals surface area contributed by atoms with Gasteiger partial charge in [-0.1, -0.05) is 26.7 Å². The Bertz CT molecular complexity index is 228. The second-order valence-corrected chi connectivity index (χ2v) is 5.59. The van der Waals surface area contributed by atoms with E-state index in [0.29, 0.717) is 0 Å². The number of fused-ring (bicyclic) bond motifs is 1. The van der Waals surface area contributed by atoms with Gasteiger partial charge >= 0.3 is 0 Å². The molecule has 0 spiro atoms. The number of hydrogen-bond donors (Lipinski definition) is 2. The molecule has 0 heterocycles. The van der Waals surface area contributed by atoms with Crippen molar-refractivity contribution in [3.63, 3.8) is 0 Å². The highest BCUT2D eigenvalue weighted by Gasteiger charge is 2.55.